The molecule has 3 N–H and O–H groups in total. The van der Waals surface area contributed by atoms with E-state index in [4.69, 9.17) is 10.5 Å². The van der Waals surface area contributed by atoms with Gasteiger partial charge in [0.1, 0.15) is 11.4 Å². The van der Waals surface area contributed by atoms with E-state index in [1.165, 1.54) is 32.8 Å². The Labute approximate surface area is 112 Å². The number of hydrogen-bond acceptors (Lipinski definition) is 5. The molecule has 1 heterocycles. The number of anilines is 2. The molecule has 2 fully saturated rings. The van der Waals surface area contributed by atoms with Crippen LogP contribution in [-0.2, 0) is 4.74 Å². The minimum Gasteiger partial charge on any atom is -0.465 e. The molecule has 1 aromatic rings. The number of esters is 1. The second-order valence-corrected chi connectivity index (χ2v) is 5.50. The number of methoxy groups -OCH3 is 1. The molecule has 0 saturated heterocycles. The van der Waals surface area contributed by atoms with Crippen LogP contribution in [0, 0.1) is 11.8 Å². The van der Waals surface area contributed by atoms with Crippen molar-refractivity contribution in [3.8, 4) is 0 Å². The Morgan fingerprint density at radius 1 is 1.42 bits per heavy atom. The Balaban J connectivity index is 1.84. The first-order valence-corrected chi connectivity index (χ1v) is 6.79. The molecule has 0 radical (unpaired) electrons. The molecule has 2 saturated carbocycles. The van der Waals surface area contributed by atoms with Gasteiger partial charge in [0.2, 0.25) is 0 Å². The van der Waals surface area contributed by atoms with E-state index in [2.05, 4.69) is 10.3 Å². The van der Waals surface area contributed by atoms with Crippen LogP contribution in [0.25, 0.3) is 0 Å². The average Bonchev–Trinajstić information content (AvgIpc) is 3.28. The van der Waals surface area contributed by atoms with Crippen molar-refractivity contribution in [3.05, 3.63) is 17.8 Å². The highest BCUT2D eigenvalue weighted by atomic mass is 16.5. The minimum atomic E-state index is -0.396. The molecule has 0 bridgehead atoms. The molecule has 102 valence electrons. The number of nitrogens with two attached hydrogens (primary N) is 1. The van der Waals surface area contributed by atoms with Crippen LogP contribution in [0.1, 0.15) is 36.0 Å². The molecule has 1 aromatic heterocycles. The monoisotopic (exact) mass is 261 g/mol. The molecule has 0 unspecified atom stereocenters. The fraction of sp³-hybridized carbons (Fsp3) is 0.571. The van der Waals surface area contributed by atoms with Gasteiger partial charge in [-0.2, -0.15) is 0 Å². The van der Waals surface area contributed by atoms with E-state index in [1.54, 1.807) is 12.3 Å². The smallest absolute Gasteiger partial charge is 0.341 e. The molecule has 2 aliphatic rings. The van der Waals surface area contributed by atoms with E-state index < -0.39 is 5.97 Å². The van der Waals surface area contributed by atoms with Crippen LogP contribution in [0.5, 0.6) is 0 Å². The summed E-state index contributed by atoms with van der Waals surface area (Å²) in [5.41, 5.74) is 6.59. The number of nitrogens with one attached hydrogen (secondary N) is 1. The van der Waals surface area contributed by atoms with Crippen molar-refractivity contribution in [3.63, 3.8) is 0 Å². The van der Waals surface area contributed by atoms with E-state index in [9.17, 15) is 4.79 Å². The molecule has 0 atom stereocenters. The number of hydrogen-bond donors (Lipinski definition) is 2. The van der Waals surface area contributed by atoms with Gasteiger partial charge in [-0.05, 0) is 43.6 Å². The molecular formula is C14H19N3O2. The number of ether oxygens (including phenoxy) is 1. The summed E-state index contributed by atoms with van der Waals surface area (Å²) in [5.74, 6) is 1.67. The highest BCUT2D eigenvalue weighted by Crippen LogP contribution is 2.46. The van der Waals surface area contributed by atoms with Crippen molar-refractivity contribution >= 4 is 17.5 Å². The SMILES string of the molecule is COC(=O)c1cc(N)cnc1NC(C1CC1)C1CC1. The summed E-state index contributed by atoms with van der Waals surface area (Å²) in [6, 6.07) is 2.07. The van der Waals surface area contributed by atoms with Crippen molar-refractivity contribution < 1.29 is 9.53 Å². The van der Waals surface area contributed by atoms with Gasteiger partial charge in [0, 0.05) is 6.04 Å². The van der Waals surface area contributed by atoms with E-state index in [0.29, 0.717) is 23.1 Å². The second-order valence-electron chi connectivity index (χ2n) is 5.50. The van der Waals surface area contributed by atoms with Gasteiger partial charge in [-0.1, -0.05) is 0 Å². The molecule has 2 aliphatic carbocycles. The number of rotatable bonds is 5. The summed E-state index contributed by atoms with van der Waals surface area (Å²) in [6.07, 6.45) is 6.67. The third kappa shape index (κ3) is 2.64. The van der Waals surface area contributed by atoms with Crippen molar-refractivity contribution in [2.24, 2.45) is 11.8 Å². The topological polar surface area (TPSA) is 77.2 Å². The van der Waals surface area contributed by atoms with E-state index in [-0.39, 0.29) is 0 Å². The van der Waals surface area contributed by atoms with Crippen molar-refractivity contribution in [1.82, 2.24) is 4.98 Å². The van der Waals surface area contributed by atoms with Crippen molar-refractivity contribution in [1.29, 1.82) is 0 Å². The van der Waals surface area contributed by atoms with Gasteiger partial charge in [-0.3, -0.25) is 0 Å². The zero-order chi connectivity index (χ0) is 13.4. The van der Waals surface area contributed by atoms with Gasteiger partial charge in [0.25, 0.3) is 0 Å². The summed E-state index contributed by atoms with van der Waals surface area (Å²) in [7, 11) is 1.37. The first kappa shape index (κ1) is 12.3. The summed E-state index contributed by atoms with van der Waals surface area (Å²) in [6.45, 7) is 0. The molecule has 5 heteroatoms. The average molecular weight is 261 g/mol. The third-order valence-electron chi connectivity index (χ3n) is 3.88. The highest BCUT2D eigenvalue weighted by molar-refractivity contribution is 5.95. The quantitative estimate of drug-likeness (QED) is 0.793. The lowest BCUT2D eigenvalue weighted by Gasteiger charge is -2.20. The van der Waals surface area contributed by atoms with Gasteiger partial charge in [0.05, 0.1) is 19.0 Å². The van der Waals surface area contributed by atoms with Gasteiger partial charge < -0.3 is 15.8 Å². The van der Waals surface area contributed by atoms with Crippen LogP contribution in [0.4, 0.5) is 11.5 Å². The summed E-state index contributed by atoms with van der Waals surface area (Å²) >= 11 is 0. The fourth-order valence-electron chi connectivity index (χ4n) is 2.55. The first-order chi connectivity index (χ1) is 9.19. The van der Waals surface area contributed by atoms with E-state index in [0.717, 1.165) is 11.8 Å². The van der Waals surface area contributed by atoms with E-state index in [1.807, 2.05) is 0 Å². The number of carbonyl (C=O) groups is 1. The first-order valence-electron chi connectivity index (χ1n) is 6.79. The predicted molar refractivity (Wildman–Crippen MR) is 72.8 cm³/mol. The Hall–Kier alpha value is -1.78. The summed E-state index contributed by atoms with van der Waals surface area (Å²) in [5, 5.41) is 3.45. The predicted octanol–water partition coefficient (Wildman–Crippen LogP) is 2.05. The highest BCUT2D eigenvalue weighted by Gasteiger charge is 2.42. The maximum absolute atomic E-state index is 11.8. The van der Waals surface area contributed by atoms with Gasteiger partial charge in [-0.25, -0.2) is 9.78 Å². The molecule has 19 heavy (non-hydrogen) atoms. The Kier molecular flexibility index (Phi) is 3.05. The van der Waals surface area contributed by atoms with Gasteiger partial charge in [-0.15, -0.1) is 0 Å². The van der Waals surface area contributed by atoms with Crippen LogP contribution < -0.4 is 11.1 Å². The molecular weight excluding hydrogens is 242 g/mol. The zero-order valence-corrected chi connectivity index (χ0v) is 11.1. The largest absolute Gasteiger partial charge is 0.465 e. The van der Waals surface area contributed by atoms with Crippen LogP contribution in [0.3, 0.4) is 0 Å². The number of nitrogen functional groups attached to an aromatic ring is 1. The lowest BCUT2D eigenvalue weighted by atomic mass is 10.1. The van der Waals surface area contributed by atoms with Crippen LogP contribution in [0.15, 0.2) is 12.3 Å². The van der Waals surface area contributed by atoms with Crippen LogP contribution in [0.2, 0.25) is 0 Å². The summed E-state index contributed by atoms with van der Waals surface area (Å²) in [4.78, 5) is 16.1. The molecule has 0 aliphatic heterocycles. The van der Waals surface area contributed by atoms with Crippen LogP contribution >= 0.6 is 0 Å². The Bertz CT molecular complexity index is 483. The van der Waals surface area contributed by atoms with Crippen molar-refractivity contribution in [2.45, 2.75) is 31.7 Å². The molecule has 0 spiro atoms. The number of aromatic nitrogens is 1. The second kappa shape index (κ2) is 4.72. The van der Waals surface area contributed by atoms with Crippen molar-refractivity contribution in [2.75, 3.05) is 18.2 Å². The molecule has 0 aromatic carbocycles. The molecule has 3 rings (SSSR count). The normalized spacial score (nSPS) is 18.4. The Morgan fingerprint density at radius 2 is 2.05 bits per heavy atom. The summed E-state index contributed by atoms with van der Waals surface area (Å²) < 4.78 is 4.79. The third-order valence-corrected chi connectivity index (χ3v) is 3.88. The lowest BCUT2D eigenvalue weighted by Crippen LogP contribution is -2.26. The van der Waals surface area contributed by atoms with Gasteiger partial charge in [0.15, 0.2) is 0 Å². The minimum absolute atomic E-state index is 0.396. The van der Waals surface area contributed by atoms with Gasteiger partial charge >= 0.3 is 5.97 Å². The standard InChI is InChI=1S/C14H19N3O2/c1-19-14(18)11-6-10(15)7-16-13(11)17-12(8-2-3-8)9-4-5-9/h6-9,12H,2-5,15H2,1H3,(H,16,17). The zero-order valence-electron chi connectivity index (χ0n) is 11.1. The Morgan fingerprint density at radius 3 is 2.58 bits per heavy atom. The van der Waals surface area contributed by atoms with Crippen LogP contribution in [-0.4, -0.2) is 24.1 Å². The molecule has 5 nitrogen and oxygen atoms in total. The maximum Gasteiger partial charge on any atom is 0.341 e. The fourth-order valence-corrected chi connectivity index (χ4v) is 2.55. The number of nitrogens with zero attached hydrogens (tertiary/aromatic N) is 1. The van der Waals surface area contributed by atoms with E-state index >= 15 is 0 Å². The maximum atomic E-state index is 11.8. The lowest BCUT2D eigenvalue weighted by molar-refractivity contribution is 0.0601. The number of carbonyl (C=O) groups excluding carboxylic acids is 1. The molecule has 0 amide bonds. The number of pyridine rings is 1.